The van der Waals surface area contributed by atoms with Gasteiger partial charge in [0.15, 0.2) is 18.2 Å². The van der Waals surface area contributed by atoms with E-state index < -0.39 is 47.9 Å². The monoisotopic (exact) mass is 358 g/mol. The molecule has 0 amide bonds. The Hall–Kier alpha value is -1.47. The maximum absolute atomic E-state index is 12.1. The number of esters is 2. The first-order valence-corrected chi connectivity index (χ1v) is 8.62. The SMILES string of the molecule is CCC1OC(OCC(=O)C(C)(C)C)C(C)C(OC(C)=O)C1OC(C)=O. The fourth-order valence-corrected chi connectivity index (χ4v) is 2.63. The highest BCUT2D eigenvalue weighted by Gasteiger charge is 2.47. The number of Topliss-reactive ketones (excluding diaryl/α,β-unsaturated/α-hetero) is 1. The van der Waals surface area contributed by atoms with Gasteiger partial charge in [-0.3, -0.25) is 14.4 Å². The second kappa shape index (κ2) is 8.76. The minimum absolute atomic E-state index is 0.0532. The van der Waals surface area contributed by atoms with Crippen molar-refractivity contribution in [3.8, 4) is 0 Å². The summed E-state index contributed by atoms with van der Waals surface area (Å²) in [7, 11) is 0. The molecule has 1 fully saturated rings. The molecule has 5 unspecified atom stereocenters. The van der Waals surface area contributed by atoms with Crippen molar-refractivity contribution in [3.05, 3.63) is 0 Å². The van der Waals surface area contributed by atoms with E-state index in [2.05, 4.69) is 0 Å². The van der Waals surface area contributed by atoms with Crippen molar-refractivity contribution >= 4 is 17.7 Å². The first-order valence-electron chi connectivity index (χ1n) is 8.62. The highest BCUT2D eigenvalue weighted by Crippen LogP contribution is 2.32. The van der Waals surface area contributed by atoms with Crippen LogP contribution in [0.3, 0.4) is 0 Å². The van der Waals surface area contributed by atoms with E-state index in [1.165, 1.54) is 13.8 Å². The third kappa shape index (κ3) is 6.08. The first-order chi connectivity index (χ1) is 11.5. The normalized spacial score (nSPS) is 29.8. The van der Waals surface area contributed by atoms with Crippen LogP contribution in [0.2, 0.25) is 0 Å². The van der Waals surface area contributed by atoms with Crippen LogP contribution in [0.4, 0.5) is 0 Å². The van der Waals surface area contributed by atoms with Gasteiger partial charge in [-0.2, -0.15) is 0 Å². The molecule has 5 atom stereocenters. The largest absolute Gasteiger partial charge is 0.458 e. The van der Waals surface area contributed by atoms with E-state index in [0.717, 1.165) is 0 Å². The fraction of sp³-hybridized carbons (Fsp3) is 0.833. The minimum atomic E-state index is -0.729. The molecule has 0 radical (unpaired) electrons. The number of ketones is 1. The fourth-order valence-electron chi connectivity index (χ4n) is 2.63. The minimum Gasteiger partial charge on any atom is -0.458 e. The molecule has 0 aliphatic carbocycles. The zero-order valence-corrected chi connectivity index (χ0v) is 16.2. The molecule has 0 aromatic rings. The van der Waals surface area contributed by atoms with Gasteiger partial charge in [-0.15, -0.1) is 0 Å². The molecule has 1 saturated heterocycles. The van der Waals surface area contributed by atoms with Crippen LogP contribution < -0.4 is 0 Å². The highest BCUT2D eigenvalue weighted by molar-refractivity contribution is 5.84. The van der Waals surface area contributed by atoms with E-state index in [1.807, 2.05) is 27.7 Å². The second-order valence-corrected chi connectivity index (χ2v) is 7.44. The van der Waals surface area contributed by atoms with Crippen LogP contribution in [0.25, 0.3) is 0 Å². The van der Waals surface area contributed by atoms with Gasteiger partial charge in [0.2, 0.25) is 0 Å². The Bertz CT molecular complexity index is 494. The lowest BCUT2D eigenvalue weighted by Crippen LogP contribution is -2.57. The molecular weight excluding hydrogens is 328 g/mol. The van der Waals surface area contributed by atoms with Crippen LogP contribution in [-0.4, -0.2) is 48.9 Å². The zero-order chi connectivity index (χ0) is 19.4. The van der Waals surface area contributed by atoms with Gasteiger partial charge < -0.3 is 18.9 Å². The lowest BCUT2D eigenvalue weighted by molar-refractivity contribution is -0.282. The first kappa shape index (κ1) is 21.6. The molecule has 1 aliphatic heterocycles. The summed E-state index contributed by atoms with van der Waals surface area (Å²) in [5, 5.41) is 0. The van der Waals surface area contributed by atoms with E-state index in [0.29, 0.717) is 6.42 Å². The third-order valence-electron chi connectivity index (χ3n) is 4.17. The summed E-state index contributed by atoms with van der Waals surface area (Å²) in [6.45, 7) is 11.6. The van der Waals surface area contributed by atoms with Crippen LogP contribution in [0.1, 0.15) is 54.9 Å². The summed E-state index contributed by atoms with van der Waals surface area (Å²) < 4.78 is 22.3. The van der Waals surface area contributed by atoms with Crippen molar-refractivity contribution < 1.29 is 33.3 Å². The molecular formula is C18H30O7. The molecule has 0 saturated carbocycles. The summed E-state index contributed by atoms with van der Waals surface area (Å²) in [5.41, 5.74) is -0.516. The molecule has 1 aliphatic rings. The molecule has 144 valence electrons. The molecule has 0 aromatic heterocycles. The summed E-state index contributed by atoms with van der Waals surface area (Å²) in [4.78, 5) is 35.0. The predicted octanol–water partition coefficient (Wildman–Crippen LogP) is 2.25. The predicted molar refractivity (Wildman–Crippen MR) is 89.6 cm³/mol. The third-order valence-corrected chi connectivity index (χ3v) is 4.17. The van der Waals surface area contributed by atoms with E-state index >= 15 is 0 Å². The number of hydrogen-bond acceptors (Lipinski definition) is 7. The van der Waals surface area contributed by atoms with Crippen LogP contribution >= 0.6 is 0 Å². The van der Waals surface area contributed by atoms with Crippen molar-refractivity contribution in [2.45, 2.75) is 79.5 Å². The Morgan fingerprint density at radius 1 is 1.00 bits per heavy atom. The number of hydrogen-bond donors (Lipinski definition) is 0. The molecule has 0 bridgehead atoms. The summed E-state index contributed by atoms with van der Waals surface area (Å²) in [6, 6.07) is 0. The van der Waals surface area contributed by atoms with Gasteiger partial charge in [0.1, 0.15) is 18.8 Å². The highest BCUT2D eigenvalue weighted by atomic mass is 16.7. The standard InChI is InChI=1S/C18H30O7/c1-8-13-16(24-12(4)20)15(23-11(3)19)10(2)17(25-13)22-9-14(21)18(5,6)7/h10,13,15-17H,8-9H2,1-7H3. The summed E-state index contributed by atoms with van der Waals surface area (Å²) >= 11 is 0. The van der Waals surface area contributed by atoms with Crippen molar-refractivity contribution in [3.63, 3.8) is 0 Å². The summed E-state index contributed by atoms with van der Waals surface area (Å²) in [6.07, 6.45) is -2.09. The van der Waals surface area contributed by atoms with Crippen molar-refractivity contribution in [2.24, 2.45) is 11.3 Å². The van der Waals surface area contributed by atoms with E-state index in [-0.39, 0.29) is 12.4 Å². The van der Waals surface area contributed by atoms with Crippen LogP contribution in [0.15, 0.2) is 0 Å². The number of ether oxygens (including phenoxy) is 4. The Labute approximate surface area is 149 Å². The van der Waals surface area contributed by atoms with Crippen LogP contribution in [0.5, 0.6) is 0 Å². The topological polar surface area (TPSA) is 88.1 Å². The molecule has 0 aromatic carbocycles. The lowest BCUT2D eigenvalue weighted by Gasteiger charge is -2.44. The Balaban J connectivity index is 2.93. The van der Waals surface area contributed by atoms with Crippen molar-refractivity contribution in [2.75, 3.05) is 6.61 Å². The molecule has 0 N–H and O–H groups in total. The van der Waals surface area contributed by atoms with E-state index in [1.54, 1.807) is 6.92 Å². The quantitative estimate of drug-likeness (QED) is 0.673. The average molecular weight is 358 g/mol. The smallest absolute Gasteiger partial charge is 0.303 e. The van der Waals surface area contributed by atoms with E-state index in [9.17, 15) is 14.4 Å². The van der Waals surface area contributed by atoms with Crippen LogP contribution in [-0.2, 0) is 33.3 Å². The van der Waals surface area contributed by atoms with Gasteiger partial charge in [0, 0.05) is 25.2 Å². The average Bonchev–Trinajstić information content (AvgIpc) is 2.48. The van der Waals surface area contributed by atoms with Crippen molar-refractivity contribution in [1.82, 2.24) is 0 Å². The molecule has 0 spiro atoms. The van der Waals surface area contributed by atoms with Gasteiger partial charge in [0.25, 0.3) is 0 Å². The van der Waals surface area contributed by atoms with Crippen molar-refractivity contribution in [1.29, 1.82) is 0 Å². The van der Waals surface area contributed by atoms with Gasteiger partial charge in [-0.1, -0.05) is 34.6 Å². The number of carbonyl (C=O) groups is 3. The Kier molecular flexibility index (Phi) is 7.56. The van der Waals surface area contributed by atoms with Crippen LogP contribution in [0, 0.1) is 11.3 Å². The van der Waals surface area contributed by atoms with Gasteiger partial charge >= 0.3 is 11.9 Å². The molecule has 25 heavy (non-hydrogen) atoms. The molecule has 1 rings (SSSR count). The molecule has 7 heteroatoms. The Morgan fingerprint density at radius 3 is 1.96 bits per heavy atom. The lowest BCUT2D eigenvalue weighted by atomic mass is 9.90. The zero-order valence-electron chi connectivity index (χ0n) is 16.2. The summed E-state index contributed by atoms with van der Waals surface area (Å²) in [5.74, 6) is -1.40. The van der Waals surface area contributed by atoms with Gasteiger partial charge in [-0.25, -0.2) is 0 Å². The maximum atomic E-state index is 12.1. The molecule has 1 heterocycles. The number of carbonyl (C=O) groups excluding carboxylic acids is 3. The van der Waals surface area contributed by atoms with Gasteiger partial charge in [0.05, 0.1) is 0 Å². The maximum Gasteiger partial charge on any atom is 0.303 e. The Morgan fingerprint density at radius 2 is 1.52 bits per heavy atom. The second-order valence-electron chi connectivity index (χ2n) is 7.44. The molecule has 7 nitrogen and oxygen atoms in total. The number of rotatable bonds is 6. The van der Waals surface area contributed by atoms with E-state index in [4.69, 9.17) is 18.9 Å². The van der Waals surface area contributed by atoms with Gasteiger partial charge in [-0.05, 0) is 6.42 Å².